The number of halogens is 8. The second kappa shape index (κ2) is 14.0. The van der Waals surface area contributed by atoms with Gasteiger partial charge in [-0.3, -0.25) is 0 Å². The normalized spacial score (nSPS) is 11.5. The summed E-state index contributed by atoms with van der Waals surface area (Å²) >= 11 is 1.43. The van der Waals surface area contributed by atoms with Crippen molar-refractivity contribution in [3.8, 4) is 34.1 Å². The summed E-state index contributed by atoms with van der Waals surface area (Å²) in [6.45, 7) is 2.16. The van der Waals surface area contributed by atoms with E-state index in [9.17, 15) is 22.0 Å². The van der Waals surface area contributed by atoms with Gasteiger partial charge in [0.25, 0.3) is 0 Å². The number of hydrogen-bond acceptors (Lipinski definition) is 1. The van der Waals surface area contributed by atoms with Crippen LogP contribution < -0.4 is 0 Å². The van der Waals surface area contributed by atoms with Crippen LogP contribution in [0.3, 0.4) is 0 Å². The first kappa shape index (κ1) is 33.1. The van der Waals surface area contributed by atoms with Gasteiger partial charge in [0.1, 0.15) is 29.1 Å². The molecule has 0 aromatic heterocycles. The fraction of sp³-hybridized carbons (Fsp3) is 0.189. The lowest BCUT2D eigenvalue weighted by Crippen LogP contribution is -2.02. The maximum Gasteiger partial charge on any atom is 0.458 e. The number of alkyl halides is 3. The van der Waals surface area contributed by atoms with Gasteiger partial charge in [-0.15, -0.1) is 11.8 Å². The number of unbranched alkanes of at least 4 members (excludes halogenated alkanes) is 2. The Morgan fingerprint density at radius 2 is 1.37 bits per heavy atom. The maximum absolute atomic E-state index is 15.3. The molecule has 0 fully saturated rings. The molecule has 0 radical (unpaired) electrons. The zero-order valence-electron chi connectivity index (χ0n) is 24.5. The molecule has 0 nitrogen and oxygen atoms in total. The minimum absolute atomic E-state index is 0.0136. The van der Waals surface area contributed by atoms with E-state index in [4.69, 9.17) is 0 Å². The first-order valence-electron chi connectivity index (χ1n) is 14.4. The molecule has 9 heteroatoms. The standard InChI is InChI=1S/C37H26F8S/c1-2-3-4-5-22-6-8-23(9-7-22)21-46-27-11-13-28(32(39)20-27)26-18-33(40)35(34(41)19-26)24-10-12-29-25(16-24)17-31(38)30(36(29)42)14-15-37(43,44)45/h6-13,16-20H,2-5,21H2,1H3. The predicted octanol–water partition coefficient (Wildman–Crippen LogP) is 11.8. The summed E-state index contributed by atoms with van der Waals surface area (Å²) in [6, 6.07) is 18.7. The number of rotatable bonds is 9. The van der Waals surface area contributed by atoms with Gasteiger partial charge in [0.15, 0.2) is 0 Å². The summed E-state index contributed by atoms with van der Waals surface area (Å²) in [5, 5.41) is -0.427. The summed E-state index contributed by atoms with van der Waals surface area (Å²) in [4.78, 5) is 0.647. The van der Waals surface area contributed by atoms with E-state index in [0.29, 0.717) is 10.6 Å². The molecule has 236 valence electrons. The van der Waals surface area contributed by atoms with E-state index in [1.165, 1.54) is 41.8 Å². The van der Waals surface area contributed by atoms with E-state index >= 15 is 13.2 Å². The second-order valence-corrected chi connectivity index (χ2v) is 11.8. The van der Waals surface area contributed by atoms with Gasteiger partial charge >= 0.3 is 6.18 Å². The van der Waals surface area contributed by atoms with Crippen LogP contribution in [-0.2, 0) is 12.2 Å². The van der Waals surface area contributed by atoms with Gasteiger partial charge in [0.05, 0.1) is 11.1 Å². The molecule has 5 aromatic carbocycles. The number of thioether (sulfide) groups is 1. The van der Waals surface area contributed by atoms with Crippen molar-refractivity contribution in [1.82, 2.24) is 0 Å². The highest BCUT2D eigenvalue weighted by molar-refractivity contribution is 7.98. The minimum atomic E-state index is -4.96. The van der Waals surface area contributed by atoms with Crippen LogP contribution in [0.2, 0.25) is 0 Å². The van der Waals surface area contributed by atoms with E-state index in [-0.39, 0.29) is 27.5 Å². The largest absolute Gasteiger partial charge is 0.458 e. The Hall–Kier alpha value is -4.29. The van der Waals surface area contributed by atoms with Crippen LogP contribution in [0.5, 0.6) is 0 Å². The molecule has 0 heterocycles. The molecular formula is C37H26F8S. The van der Waals surface area contributed by atoms with E-state index in [1.807, 2.05) is 0 Å². The van der Waals surface area contributed by atoms with Crippen LogP contribution in [-0.4, -0.2) is 6.18 Å². The summed E-state index contributed by atoms with van der Waals surface area (Å²) in [6.07, 6.45) is -0.418. The fourth-order valence-corrected chi connectivity index (χ4v) is 5.98. The average Bonchev–Trinajstić information content (AvgIpc) is 2.99. The van der Waals surface area contributed by atoms with E-state index < -0.39 is 46.4 Å². The zero-order chi connectivity index (χ0) is 33.0. The molecule has 0 aliphatic rings. The molecule has 0 N–H and O–H groups in total. The second-order valence-electron chi connectivity index (χ2n) is 10.7. The summed E-state index contributed by atoms with van der Waals surface area (Å²) in [5.74, 6) is -2.54. The number of benzene rings is 5. The molecule has 46 heavy (non-hydrogen) atoms. The van der Waals surface area contributed by atoms with Gasteiger partial charge < -0.3 is 0 Å². The highest BCUT2D eigenvalue weighted by atomic mass is 32.2. The summed E-state index contributed by atoms with van der Waals surface area (Å²) in [7, 11) is 0. The van der Waals surface area contributed by atoms with E-state index in [2.05, 4.69) is 31.2 Å². The molecule has 0 aliphatic carbocycles. The highest BCUT2D eigenvalue weighted by Gasteiger charge is 2.24. The van der Waals surface area contributed by atoms with Crippen LogP contribution in [0.1, 0.15) is 42.9 Å². The number of fused-ring (bicyclic) bond motifs is 1. The van der Waals surface area contributed by atoms with Crippen molar-refractivity contribution in [3.05, 3.63) is 125 Å². The molecule has 0 saturated carbocycles. The molecule has 0 aliphatic heterocycles. The first-order chi connectivity index (χ1) is 21.9. The van der Waals surface area contributed by atoms with Crippen molar-refractivity contribution >= 4 is 22.5 Å². The molecule has 0 bridgehead atoms. The summed E-state index contributed by atoms with van der Waals surface area (Å²) < 4.78 is 112. The smallest absolute Gasteiger partial charge is 0.206 e. The van der Waals surface area contributed by atoms with Gasteiger partial charge in [-0.05, 0) is 76.9 Å². The Kier molecular flexibility index (Phi) is 10.1. The van der Waals surface area contributed by atoms with Gasteiger partial charge in [0, 0.05) is 27.5 Å². The predicted molar refractivity (Wildman–Crippen MR) is 167 cm³/mol. The van der Waals surface area contributed by atoms with E-state index in [0.717, 1.165) is 67.1 Å². The van der Waals surface area contributed by atoms with Crippen molar-refractivity contribution in [2.24, 2.45) is 0 Å². The van der Waals surface area contributed by atoms with Crippen molar-refractivity contribution in [3.63, 3.8) is 0 Å². The van der Waals surface area contributed by atoms with Gasteiger partial charge in [-0.1, -0.05) is 68.2 Å². The van der Waals surface area contributed by atoms with E-state index in [1.54, 1.807) is 6.07 Å². The molecule has 5 rings (SSSR count). The molecule has 0 unspecified atom stereocenters. The Bertz CT molecular complexity index is 1930. The monoisotopic (exact) mass is 654 g/mol. The molecule has 0 atom stereocenters. The minimum Gasteiger partial charge on any atom is -0.206 e. The van der Waals surface area contributed by atoms with Crippen molar-refractivity contribution in [2.75, 3.05) is 0 Å². The lowest BCUT2D eigenvalue weighted by Gasteiger charge is -2.12. The van der Waals surface area contributed by atoms with Crippen LogP contribution in [0, 0.1) is 40.9 Å². The van der Waals surface area contributed by atoms with Crippen molar-refractivity contribution < 1.29 is 35.1 Å². The van der Waals surface area contributed by atoms with Crippen molar-refractivity contribution in [1.29, 1.82) is 0 Å². The molecule has 5 aromatic rings. The molecular weight excluding hydrogens is 628 g/mol. The Morgan fingerprint density at radius 3 is 2.02 bits per heavy atom. The molecule has 0 saturated heterocycles. The number of aryl methyl sites for hydroxylation is 1. The van der Waals surface area contributed by atoms with Gasteiger partial charge in [-0.25, -0.2) is 22.0 Å². The molecule has 0 spiro atoms. The Morgan fingerprint density at radius 1 is 0.674 bits per heavy atom. The fourth-order valence-electron chi connectivity index (χ4n) is 5.11. The highest BCUT2D eigenvalue weighted by Crippen LogP contribution is 2.36. The topological polar surface area (TPSA) is 0 Å². The van der Waals surface area contributed by atoms with Crippen molar-refractivity contribution in [2.45, 2.75) is 49.4 Å². The van der Waals surface area contributed by atoms with Crippen LogP contribution in [0.25, 0.3) is 33.0 Å². The quantitative estimate of drug-likeness (QED) is 0.0660. The lowest BCUT2D eigenvalue weighted by atomic mass is 9.96. The maximum atomic E-state index is 15.3. The Labute approximate surface area is 265 Å². The van der Waals surface area contributed by atoms with Crippen LogP contribution in [0.15, 0.2) is 83.8 Å². The van der Waals surface area contributed by atoms with Gasteiger partial charge in [-0.2, -0.15) is 13.2 Å². The zero-order valence-corrected chi connectivity index (χ0v) is 25.3. The third kappa shape index (κ3) is 7.73. The SMILES string of the molecule is CCCCCc1ccc(CSc2ccc(-c3cc(F)c(-c4ccc5c(F)c(C#CC(F)(F)F)c(F)cc5c4)c(F)c3)c(F)c2)cc1. The number of hydrogen-bond donors (Lipinski definition) is 0. The Balaban J connectivity index is 1.35. The molecule has 0 amide bonds. The lowest BCUT2D eigenvalue weighted by molar-refractivity contribution is -0.0696. The third-order valence-corrected chi connectivity index (χ3v) is 8.50. The average molecular weight is 655 g/mol. The van der Waals surface area contributed by atoms with Crippen LogP contribution in [0.4, 0.5) is 35.1 Å². The summed E-state index contributed by atoms with van der Waals surface area (Å²) in [5.41, 5.74) is 0.636. The first-order valence-corrected chi connectivity index (χ1v) is 15.4. The third-order valence-electron chi connectivity index (χ3n) is 7.44. The van der Waals surface area contributed by atoms with Crippen LogP contribution >= 0.6 is 11.8 Å². The van der Waals surface area contributed by atoms with Gasteiger partial charge in [0.2, 0.25) is 0 Å².